The number of hydrogen-bond donors (Lipinski definition) is 3. The number of alkyl halides is 1. The highest BCUT2D eigenvalue weighted by atomic mass is 31.2. The molecule has 0 bridgehead atoms. The van der Waals surface area contributed by atoms with Crippen LogP contribution in [0.4, 0.5) is 10.3 Å². The number of carbonyl (C=O) groups is 1. The van der Waals surface area contributed by atoms with Crippen LogP contribution < -0.4 is 20.1 Å². The Hall–Kier alpha value is -3.16. The van der Waals surface area contributed by atoms with Gasteiger partial charge in [-0.1, -0.05) is 18.2 Å². The van der Waals surface area contributed by atoms with E-state index in [2.05, 4.69) is 20.0 Å². The molecular weight excluding hydrogens is 510 g/mol. The average molecular weight is 539 g/mol. The Morgan fingerprint density at radius 1 is 1.43 bits per heavy atom. The van der Waals surface area contributed by atoms with Gasteiger partial charge in [-0.25, -0.2) is 19.0 Å². The van der Waals surface area contributed by atoms with Crippen LogP contribution in [0.3, 0.4) is 0 Å². The molecule has 4 N–H and O–H groups in total. The van der Waals surface area contributed by atoms with E-state index in [0.717, 1.165) is 13.8 Å². The van der Waals surface area contributed by atoms with Gasteiger partial charge in [-0.15, -0.1) is 0 Å². The van der Waals surface area contributed by atoms with E-state index >= 15 is 4.39 Å². The highest BCUT2D eigenvalue weighted by molar-refractivity contribution is 7.52. The average Bonchev–Trinajstić information content (AvgIpc) is 3.35. The van der Waals surface area contributed by atoms with Gasteiger partial charge in [0.1, 0.15) is 23.7 Å². The third kappa shape index (κ3) is 5.43. The lowest BCUT2D eigenvalue weighted by molar-refractivity contribution is -0.118. The number of ketones is 1. The molecule has 13 nitrogen and oxygen atoms in total. The summed E-state index contributed by atoms with van der Waals surface area (Å²) in [6.07, 6.45) is -3.32. The third-order valence-electron chi connectivity index (χ3n) is 5.78. The van der Waals surface area contributed by atoms with Gasteiger partial charge in [-0.2, -0.15) is 9.97 Å². The Kier molecular flexibility index (Phi) is 7.10. The number of ether oxygens (including phenoxy) is 2. The number of hydrogen-bond acceptors (Lipinski definition) is 11. The fourth-order valence-electron chi connectivity index (χ4n) is 3.73. The maximum Gasteiger partial charge on any atom is 0.459 e. The number of methoxy groups -OCH3 is 1. The molecule has 3 aromatic rings. The molecule has 0 spiro atoms. The molecule has 200 valence electrons. The summed E-state index contributed by atoms with van der Waals surface area (Å²) in [6.45, 7) is 2.80. The van der Waals surface area contributed by atoms with Gasteiger partial charge in [0.2, 0.25) is 11.8 Å². The maximum atomic E-state index is 15.9. The first-order valence-electron chi connectivity index (χ1n) is 11.6. The van der Waals surface area contributed by atoms with Crippen LogP contribution in [0.25, 0.3) is 11.2 Å². The van der Waals surface area contributed by atoms with Crippen molar-refractivity contribution in [2.45, 2.75) is 50.9 Å². The number of rotatable bonds is 10. The van der Waals surface area contributed by atoms with E-state index in [1.165, 1.54) is 37.1 Å². The predicted octanol–water partition coefficient (Wildman–Crippen LogP) is 2.17. The van der Waals surface area contributed by atoms with Gasteiger partial charge < -0.3 is 24.8 Å². The summed E-state index contributed by atoms with van der Waals surface area (Å²) < 4.78 is 60.8. The predicted molar refractivity (Wildman–Crippen MR) is 130 cm³/mol. The minimum atomic E-state index is -4.42. The number of carbonyl (C=O) groups excluding carboxylic acids is 1. The first-order valence-corrected chi connectivity index (χ1v) is 12.7. The minimum Gasteiger partial charge on any atom is -0.479 e. The molecule has 0 amide bonds. The number of Topliss-reactive ketones (excluding diaryl/α,β-unsaturated/α-hetero) is 1. The Labute approximate surface area is 213 Å². The number of nitrogens with two attached hydrogens (primary N) is 1. The lowest BCUT2D eigenvalue weighted by Crippen LogP contribution is -2.41. The van der Waals surface area contributed by atoms with Gasteiger partial charge in [-0.3, -0.25) is 13.9 Å². The molecule has 1 saturated heterocycles. The van der Waals surface area contributed by atoms with Gasteiger partial charge in [0.15, 0.2) is 23.1 Å². The zero-order chi connectivity index (χ0) is 27.9. The van der Waals surface area contributed by atoms with Crippen molar-refractivity contribution in [2.75, 3.05) is 19.5 Å². The van der Waals surface area contributed by atoms with Crippen LogP contribution in [0, 0.1) is 0 Å². The zero-order valence-corrected chi connectivity index (χ0v) is 21.4. The van der Waals surface area contributed by atoms with Gasteiger partial charge >= 0.3 is 7.75 Å². The fourth-order valence-corrected chi connectivity index (χ4v) is 5.20. The topological polar surface area (TPSA) is 173 Å². The highest BCUT2D eigenvalue weighted by Gasteiger charge is 2.56. The molecule has 1 unspecified atom stereocenters. The standard InChI is InChI=1S/C22H28FN6O7P/c1-12(13(2)30)28-37(32,36-14-8-6-5-7-9-14)34-10-15-17(31)22(3,23)20(35-15)29-11-25-16-18(29)26-21(24)27-19(16)33-4/h5-9,11-12,15,17,20,31H,10H2,1-4H3,(H,28,32)(H2,24,26,27)/t12-,15+,17+,20+,22+,37?/m0/s1/i12D. The number of halogens is 1. The second-order valence-electron chi connectivity index (χ2n) is 8.53. The van der Waals surface area contributed by atoms with Crippen LogP contribution in [0.15, 0.2) is 36.7 Å². The normalized spacial score (nSPS) is 27.3. The quantitative estimate of drug-likeness (QED) is 0.321. The number of aliphatic hydroxyl groups excluding tert-OH is 1. The lowest BCUT2D eigenvalue weighted by Gasteiger charge is -2.25. The number of aromatic nitrogens is 4. The summed E-state index contributed by atoms with van der Waals surface area (Å²) in [7, 11) is -3.06. The number of imidazole rings is 1. The summed E-state index contributed by atoms with van der Waals surface area (Å²) in [5, 5.41) is 13.1. The summed E-state index contributed by atoms with van der Waals surface area (Å²) in [6, 6.07) is 5.89. The van der Waals surface area contributed by atoms with E-state index in [9.17, 15) is 14.5 Å². The number of nitrogens with one attached hydrogen (secondary N) is 1. The number of benzene rings is 1. The van der Waals surface area contributed by atoms with E-state index in [4.69, 9.17) is 25.6 Å². The molecule has 1 fully saturated rings. The number of fused-ring (bicyclic) bond motifs is 1. The molecule has 15 heteroatoms. The molecule has 1 aliphatic rings. The van der Waals surface area contributed by atoms with Crippen LogP contribution in [0.5, 0.6) is 11.6 Å². The minimum absolute atomic E-state index is 0.0687. The number of para-hydroxylation sites is 1. The van der Waals surface area contributed by atoms with E-state index in [-0.39, 0.29) is 28.7 Å². The molecule has 6 atom stereocenters. The Balaban J connectivity index is 1.60. The summed E-state index contributed by atoms with van der Waals surface area (Å²) in [5.41, 5.74) is 3.64. The van der Waals surface area contributed by atoms with Gasteiger partial charge in [-0.05, 0) is 32.9 Å². The zero-order valence-electron chi connectivity index (χ0n) is 21.5. The maximum absolute atomic E-state index is 15.9. The highest BCUT2D eigenvalue weighted by Crippen LogP contribution is 2.48. The van der Waals surface area contributed by atoms with Crippen molar-refractivity contribution >= 4 is 30.6 Å². The van der Waals surface area contributed by atoms with E-state index in [1.807, 2.05) is 0 Å². The summed E-state index contributed by atoms with van der Waals surface area (Å²) in [5.74, 6) is -0.613. The molecule has 0 saturated carbocycles. The number of nitrogens with zero attached hydrogens (tertiary/aromatic N) is 4. The van der Waals surface area contributed by atoms with Gasteiger partial charge in [0, 0.05) is 0 Å². The third-order valence-corrected chi connectivity index (χ3v) is 7.33. The summed E-state index contributed by atoms with van der Waals surface area (Å²) >= 11 is 0. The molecule has 1 aromatic carbocycles. The van der Waals surface area contributed by atoms with Crippen LogP contribution in [-0.4, -0.2) is 68.0 Å². The number of anilines is 1. The van der Waals surface area contributed by atoms with Crippen molar-refractivity contribution in [2.24, 2.45) is 0 Å². The van der Waals surface area contributed by atoms with Crippen molar-refractivity contribution < 1.29 is 38.7 Å². The van der Waals surface area contributed by atoms with Gasteiger partial charge in [0.25, 0.3) is 0 Å². The van der Waals surface area contributed by atoms with Crippen molar-refractivity contribution in [1.82, 2.24) is 24.6 Å². The molecule has 0 radical (unpaired) electrons. The first kappa shape index (κ1) is 25.5. The van der Waals surface area contributed by atoms with Crippen molar-refractivity contribution in [3.05, 3.63) is 36.7 Å². The molecule has 1 aliphatic heterocycles. The first-order chi connectivity index (χ1) is 17.8. The van der Waals surface area contributed by atoms with Crippen LogP contribution >= 0.6 is 7.75 Å². The van der Waals surface area contributed by atoms with E-state index in [0.29, 0.717) is 0 Å². The number of aliphatic hydroxyl groups is 1. The van der Waals surface area contributed by atoms with Crippen molar-refractivity contribution in [3.63, 3.8) is 0 Å². The molecule has 4 rings (SSSR count). The molecular formula is C22H28FN6O7P. The molecule has 3 heterocycles. The monoisotopic (exact) mass is 539 g/mol. The Bertz CT molecular complexity index is 1370. The van der Waals surface area contributed by atoms with Crippen molar-refractivity contribution in [1.29, 1.82) is 0 Å². The molecule has 37 heavy (non-hydrogen) atoms. The van der Waals surface area contributed by atoms with Crippen molar-refractivity contribution in [3.8, 4) is 11.6 Å². The van der Waals surface area contributed by atoms with E-state index < -0.39 is 50.3 Å². The van der Waals surface area contributed by atoms with Gasteiger partial charge in [0.05, 0.1) is 27.4 Å². The second kappa shape index (κ2) is 10.3. The molecule has 2 aromatic heterocycles. The Morgan fingerprint density at radius 3 is 2.78 bits per heavy atom. The van der Waals surface area contributed by atoms with Crippen LogP contribution in [-0.2, 0) is 18.6 Å². The summed E-state index contributed by atoms with van der Waals surface area (Å²) in [4.78, 5) is 24.1. The van der Waals surface area contributed by atoms with E-state index in [1.54, 1.807) is 18.2 Å². The molecule has 0 aliphatic carbocycles. The smallest absolute Gasteiger partial charge is 0.459 e. The van der Waals surface area contributed by atoms with Crippen LogP contribution in [0.1, 0.15) is 28.4 Å². The lowest BCUT2D eigenvalue weighted by atomic mass is 9.98. The number of nitrogen functional groups attached to an aromatic ring is 1. The SMILES string of the molecule is [2H][C@@](C)(NP(=O)(OC[C@H]1O[C@@H](n2cnc3c(OC)nc(N)nc32)[C@](C)(F)[C@@H]1O)Oc1ccccc1)C(C)=O. The fraction of sp³-hybridized carbons (Fsp3) is 0.455. The Morgan fingerprint density at radius 2 is 2.14 bits per heavy atom. The van der Waals surface area contributed by atoms with Crippen LogP contribution in [0.2, 0.25) is 0 Å². The second-order valence-corrected chi connectivity index (χ2v) is 10.2. The largest absolute Gasteiger partial charge is 0.479 e.